The van der Waals surface area contributed by atoms with Crippen LogP contribution in [0.3, 0.4) is 0 Å². The molecule has 0 N–H and O–H groups in total. The number of rotatable bonds is 5. The van der Waals surface area contributed by atoms with Gasteiger partial charge in [-0.2, -0.15) is 0 Å². The van der Waals surface area contributed by atoms with Crippen molar-refractivity contribution in [1.82, 2.24) is 4.90 Å². The molecule has 2 heterocycles. The van der Waals surface area contributed by atoms with Crippen molar-refractivity contribution < 1.29 is 28.2 Å². The minimum absolute atomic E-state index is 0.111. The van der Waals surface area contributed by atoms with Crippen molar-refractivity contribution in [3.8, 4) is 5.75 Å². The second-order valence-corrected chi connectivity index (χ2v) is 10.7. The molecule has 1 aliphatic carbocycles. The fraction of sp³-hybridized carbons (Fsp3) is 0.481. The van der Waals surface area contributed by atoms with Crippen LogP contribution in [-0.2, 0) is 9.47 Å². The minimum Gasteiger partial charge on any atom is -0.497 e. The number of halogens is 1. The van der Waals surface area contributed by atoms with Gasteiger partial charge in [0.25, 0.3) is 0 Å². The molecule has 36 heavy (non-hydrogen) atoms. The summed E-state index contributed by atoms with van der Waals surface area (Å²) in [5.74, 6) is 1.41. The molecule has 8 nitrogen and oxygen atoms in total. The fourth-order valence-corrected chi connectivity index (χ4v) is 5.16. The normalized spacial score (nSPS) is 24.9. The second-order valence-electron chi connectivity index (χ2n) is 10.7. The zero-order valence-corrected chi connectivity index (χ0v) is 21.2. The van der Waals surface area contributed by atoms with E-state index >= 15 is 4.39 Å². The smallest absolute Gasteiger partial charge is 0.417 e. The molecule has 4 atom stereocenters. The molecule has 0 aromatic heterocycles. The van der Waals surface area contributed by atoms with Gasteiger partial charge in [0.15, 0.2) is 0 Å². The van der Waals surface area contributed by atoms with Gasteiger partial charge in [-0.1, -0.05) is 6.07 Å². The summed E-state index contributed by atoms with van der Waals surface area (Å²) in [6.45, 7) is 7.26. The summed E-state index contributed by atoms with van der Waals surface area (Å²) in [4.78, 5) is 29.9. The van der Waals surface area contributed by atoms with E-state index < -0.39 is 24.0 Å². The Kier molecular flexibility index (Phi) is 5.97. The molecule has 2 amide bonds. The lowest BCUT2D eigenvalue weighted by Gasteiger charge is -2.32. The lowest BCUT2D eigenvalue weighted by atomic mass is 10.0. The van der Waals surface area contributed by atoms with E-state index in [2.05, 4.69) is 4.90 Å². The summed E-state index contributed by atoms with van der Waals surface area (Å²) in [6, 6.07) is 12.8. The number of carbonyl (C=O) groups is 2. The number of benzene rings is 2. The Morgan fingerprint density at radius 2 is 1.72 bits per heavy atom. The van der Waals surface area contributed by atoms with Crippen molar-refractivity contribution in [3.05, 3.63) is 53.8 Å². The van der Waals surface area contributed by atoms with Gasteiger partial charge in [-0.15, -0.1) is 0 Å². The first-order valence-electron chi connectivity index (χ1n) is 12.2. The molecular formula is C27H32FN3O5. The van der Waals surface area contributed by atoms with Crippen molar-refractivity contribution in [2.24, 2.45) is 11.8 Å². The number of nitrogens with zero attached hydrogens (tertiary/aromatic N) is 3. The SMILES string of the molecule is COc1ccc(N2C[C@@H]3C(c4ccc(N5C(=O)OCC5OC(=O)N(C)C(C)(C)C)cc4F)[C@@H]3C2)cc1. The van der Waals surface area contributed by atoms with E-state index in [0.29, 0.717) is 23.1 Å². The Bertz CT molecular complexity index is 1150. The molecule has 3 aliphatic rings. The Morgan fingerprint density at radius 3 is 2.31 bits per heavy atom. The highest BCUT2D eigenvalue weighted by Gasteiger charge is 2.57. The first-order chi connectivity index (χ1) is 17.1. The van der Waals surface area contributed by atoms with Gasteiger partial charge < -0.3 is 24.0 Å². The first kappa shape index (κ1) is 24.2. The van der Waals surface area contributed by atoms with Crippen LogP contribution in [0.25, 0.3) is 0 Å². The Hall–Kier alpha value is -3.49. The summed E-state index contributed by atoms with van der Waals surface area (Å²) in [6.07, 6.45) is -2.21. The van der Waals surface area contributed by atoms with Crippen molar-refractivity contribution in [3.63, 3.8) is 0 Å². The summed E-state index contributed by atoms with van der Waals surface area (Å²) in [5, 5.41) is 0. The molecule has 2 aliphatic heterocycles. The number of piperidine rings is 1. The molecule has 2 aromatic rings. The summed E-state index contributed by atoms with van der Waals surface area (Å²) in [5.41, 5.74) is 1.66. The van der Waals surface area contributed by atoms with Gasteiger partial charge in [-0.25, -0.2) is 18.9 Å². The average molecular weight is 498 g/mol. The van der Waals surface area contributed by atoms with Crippen molar-refractivity contribution >= 4 is 23.6 Å². The van der Waals surface area contributed by atoms with Gasteiger partial charge in [-0.05, 0) is 80.5 Å². The number of cyclic esters (lactones) is 1. The van der Waals surface area contributed by atoms with Crippen LogP contribution in [0.4, 0.5) is 25.4 Å². The number of carbonyl (C=O) groups excluding carboxylic acids is 2. The molecule has 5 rings (SSSR count). The minimum atomic E-state index is -0.960. The molecule has 2 unspecified atom stereocenters. The van der Waals surface area contributed by atoms with Crippen LogP contribution in [0.15, 0.2) is 42.5 Å². The van der Waals surface area contributed by atoms with E-state index in [-0.39, 0.29) is 18.3 Å². The number of hydrogen-bond acceptors (Lipinski definition) is 6. The van der Waals surface area contributed by atoms with Crippen LogP contribution in [0.2, 0.25) is 0 Å². The highest BCUT2D eigenvalue weighted by molar-refractivity contribution is 5.90. The van der Waals surface area contributed by atoms with Crippen LogP contribution >= 0.6 is 0 Å². The van der Waals surface area contributed by atoms with Crippen LogP contribution in [0.5, 0.6) is 5.75 Å². The number of hydrogen-bond donors (Lipinski definition) is 0. The zero-order chi connectivity index (χ0) is 25.8. The highest BCUT2D eigenvalue weighted by Crippen LogP contribution is 2.59. The maximum Gasteiger partial charge on any atom is 0.417 e. The van der Waals surface area contributed by atoms with Crippen LogP contribution in [0.1, 0.15) is 32.3 Å². The maximum absolute atomic E-state index is 15.3. The molecule has 0 spiro atoms. The lowest BCUT2D eigenvalue weighted by molar-refractivity contribution is 0.0430. The third-order valence-electron chi connectivity index (χ3n) is 7.60. The summed E-state index contributed by atoms with van der Waals surface area (Å²) in [7, 11) is 3.27. The topological polar surface area (TPSA) is 71.5 Å². The Labute approximate surface area is 210 Å². The van der Waals surface area contributed by atoms with Gasteiger partial charge in [0, 0.05) is 31.4 Å². The monoisotopic (exact) mass is 497 g/mol. The van der Waals surface area contributed by atoms with Gasteiger partial charge in [0.1, 0.15) is 18.2 Å². The predicted octanol–water partition coefficient (Wildman–Crippen LogP) is 4.83. The number of anilines is 2. The van der Waals surface area contributed by atoms with E-state index in [9.17, 15) is 9.59 Å². The fourth-order valence-electron chi connectivity index (χ4n) is 5.16. The van der Waals surface area contributed by atoms with E-state index in [1.165, 1.54) is 15.9 Å². The number of methoxy groups -OCH3 is 1. The van der Waals surface area contributed by atoms with Crippen LogP contribution in [-0.4, -0.2) is 62.7 Å². The van der Waals surface area contributed by atoms with Crippen LogP contribution < -0.4 is 14.5 Å². The third kappa shape index (κ3) is 4.31. The Balaban J connectivity index is 1.25. The van der Waals surface area contributed by atoms with Crippen LogP contribution in [0, 0.1) is 17.7 Å². The molecule has 9 heteroatoms. The van der Waals surface area contributed by atoms with E-state index in [1.807, 2.05) is 45.0 Å². The standard InChI is InChI=1S/C27H32FN3O5/c1-27(2,3)29(4)25(32)36-23-15-35-26(33)31(23)17-8-11-19(22(28)12-17)24-20-13-30(14-21(20)24)16-6-9-18(34-5)10-7-16/h6-12,20-21,23-24H,13-15H2,1-5H3/t20-,21+,23?,24?. The quantitative estimate of drug-likeness (QED) is 0.589. The predicted molar refractivity (Wildman–Crippen MR) is 133 cm³/mol. The molecule has 0 bridgehead atoms. The summed E-state index contributed by atoms with van der Waals surface area (Å²) >= 11 is 0. The number of amides is 2. The molecule has 1 saturated carbocycles. The van der Waals surface area contributed by atoms with E-state index in [1.54, 1.807) is 26.3 Å². The van der Waals surface area contributed by atoms with E-state index in [0.717, 1.165) is 24.5 Å². The maximum atomic E-state index is 15.3. The van der Waals surface area contributed by atoms with Gasteiger partial charge in [0.2, 0.25) is 6.23 Å². The lowest BCUT2D eigenvalue weighted by Crippen LogP contribution is -2.46. The van der Waals surface area contributed by atoms with Gasteiger partial charge in [0.05, 0.1) is 12.8 Å². The molecule has 2 saturated heterocycles. The van der Waals surface area contributed by atoms with Gasteiger partial charge >= 0.3 is 12.2 Å². The molecule has 2 aromatic carbocycles. The van der Waals surface area contributed by atoms with Gasteiger partial charge in [-0.3, -0.25) is 0 Å². The zero-order valence-electron chi connectivity index (χ0n) is 21.2. The largest absolute Gasteiger partial charge is 0.497 e. The van der Waals surface area contributed by atoms with E-state index in [4.69, 9.17) is 14.2 Å². The molecule has 0 radical (unpaired) electrons. The van der Waals surface area contributed by atoms with Crippen molar-refractivity contribution in [2.75, 3.05) is 43.7 Å². The average Bonchev–Trinajstić information content (AvgIpc) is 3.14. The van der Waals surface area contributed by atoms with Crippen molar-refractivity contribution in [2.45, 2.75) is 38.5 Å². The van der Waals surface area contributed by atoms with Crippen molar-refractivity contribution in [1.29, 1.82) is 0 Å². The first-order valence-corrected chi connectivity index (χ1v) is 12.2. The molecule has 192 valence electrons. The number of ether oxygens (including phenoxy) is 3. The molecule has 3 fully saturated rings. The highest BCUT2D eigenvalue weighted by atomic mass is 19.1. The summed E-state index contributed by atoms with van der Waals surface area (Å²) < 4.78 is 31.2. The molecular weight excluding hydrogens is 465 g/mol. The third-order valence-corrected chi connectivity index (χ3v) is 7.60. The second kappa shape index (κ2) is 8.87. The Morgan fingerprint density at radius 1 is 1.08 bits per heavy atom. The number of fused-ring (bicyclic) bond motifs is 1.